The molecule has 0 heterocycles. The Morgan fingerprint density at radius 3 is 1.89 bits per heavy atom. The highest BCUT2D eigenvalue weighted by molar-refractivity contribution is 6.03. The van der Waals surface area contributed by atoms with Gasteiger partial charge in [0.15, 0.2) is 5.78 Å². The number of hydrogen-bond acceptors (Lipinski definition) is 5. The van der Waals surface area contributed by atoms with Crippen LogP contribution in [0.15, 0.2) is 0 Å². The first-order chi connectivity index (χ1) is 8.16. The SMILES string of the molecule is CC(C)C[C@H](N)C(=O)C(C[C@H](N)C(=O)O)C(N)=O. The second-order valence-electron chi connectivity index (χ2n) is 4.77. The molecule has 0 aromatic carbocycles. The molecule has 0 saturated heterocycles. The van der Waals surface area contributed by atoms with Crippen molar-refractivity contribution in [3.63, 3.8) is 0 Å². The van der Waals surface area contributed by atoms with Gasteiger partial charge >= 0.3 is 5.97 Å². The molecule has 0 fully saturated rings. The summed E-state index contributed by atoms with van der Waals surface area (Å²) in [5, 5.41) is 8.66. The van der Waals surface area contributed by atoms with E-state index in [0.29, 0.717) is 6.42 Å². The molecule has 104 valence electrons. The number of primary amides is 1. The molecule has 0 radical (unpaired) electrons. The summed E-state index contributed by atoms with van der Waals surface area (Å²) in [7, 11) is 0. The largest absolute Gasteiger partial charge is 0.480 e. The van der Waals surface area contributed by atoms with E-state index in [4.69, 9.17) is 22.3 Å². The molecule has 18 heavy (non-hydrogen) atoms. The molecule has 7 heteroatoms. The third kappa shape index (κ3) is 5.24. The number of rotatable bonds is 8. The molecule has 0 spiro atoms. The molecule has 3 atom stereocenters. The second kappa shape index (κ2) is 7.07. The molecule has 1 unspecified atom stereocenters. The third-order valence-corrected chi connectivity index (χ3v) is 2.58. The van der Waals surface area contributed by atoms with Crippen LogP contribution in [0, 0.1) is 11.8 Å². The minimum Gasteiger partial charge on any atom is -0.480 e. The number of Topliss-reactive ketones (excluding diaryl/α,β-unsaturated/α-hetero) is 1. The van der Waals surface area contributed by atoms with Crippen LogP contribution in [0.25, 0.3) is 0 Å². The summed E-state index contributed by atoms with van der Waals surface area (Å²) >= 11 is 0. The van der Waals surface area contributed by atoms with Crippen LogP contribution in [0.2, 0.25) is 0 Å². The van der Waals surface area contributed by atoms with E-state index < -0.39 is 35.7 Å². The highest BCUT2D eigenvalue weighted by Crippen LogP contribution is 2.13. The number of carbonyl (C=O) groups is 3. The monoisotopic (exact) mass is 259 g/mol. The van der Waals surface area contributed by atoms with Crippen LogP contribution in [0.1, 0.15) is 26.7 Å². The molecular formula is C11H21N3O4. The van der Waals surface area contributed by atoms with Gasteiger partial charge in [-0.15, -0.1) is 0 Å². The Bertz CT molecular complexity index is 330. The maximum absolute atomic E-state index is 11.9. The Morgan fingerprint density at radius 2 is 1.56 bits per heavy atom. The van der Waals surface area contributed by atoms with Crippen molar-refractivity contribution in [3.05, 3.63) is 0 Å². The fourth-order valence-corrected chi connectivity index (χ4v) is 1.61. The van der Waals surface area contributed by atoms with Gasteiger partial charge in [0.25, 0.3) is 0 Å². The molecular weight excluding hydrogens is 238 g/mol. The Hall–Kier alpha value is -1.47. The molecule has 0 aliphatic heterocycles. The molecule has 0 aliphatic rings. The Labute approximate surface area is 106 Å². The summed E-state index contributed by atoms with van der Waals surface area (Å²) in [6.07, 6.45) is 0.0835. The number of aliphatic carboxylic acids is 1. The van der Waals surface area contributed by atoms with Gasteiger partial charge in [-0.2, -0.15) is 0 Å². The lowest BCUT2D eigenvalue weighted by Gasteiger charge is -2.19. The lowest BCUT2D eigenvalue weighted by atomic mass is 9.88. The fourth-order valence-electron chi connectivity index (χ4n) is 1.61. The minimum absolute atomic E-state index is 0.186. The van der Waals surface area contributed by atoms with Crippen LogP contribution in [0.4, 0.5) is 0 Å². The second-order valence-corrected chi connectivity index (χ2v) is 4.77. The summed E-state index contributed by atoms with van der Waals surface area (Å²) in [4.78, 5) is 33.7. The van der Waals surface area contributed by atoms with Crippen molar-refractivity contribution in [2.75, 3.05) is 0 Å². The first-order valence-corrected chi connectivity index (χ1v) is 5.73. The predicted molar refractivity (Wildman–Crippen MR) is 65.4 cm³/mol. The molecule has 0 rings (SSSR count). The lowest BCUT2D eigenvalue weighted by Crippen LogP contribution is -2.45. The molecule has 0 aromatic heterocycles. The highest BCUT2D eigenvalue weighted by Gasteiger charge is 2.32. The molecule has 0 aromatic rings. The van der Waals surface area contributed by atoms with Gasteiger partial charge < -0.3 is 22.3 Å². The molecule has 0 bridgehead atoms. The van der Waals surface area contributed by atoms with E-state index in [9.17, 15) is 14.4 Å². The topological polar surface area (TPSA) is 150 Å². The minimum atomic E-state index is -1.31. The number of amides is 1. The number of carboxylic acid groups (broad SMARTS) is 1. The molecule has 1 amide bonds. The number of carboxylic acids is 1. The Balaban J connectivity index is 4.74. The summed E-state index contributed by atoms with van der Waals surface area (Å²) in [5.41, 5.74) is 16.0. The van der Waals surface area contributed by atoms with E-state index in [0.717, 1.165) is 0 Å². The normalized spacial score (nSPS) is 16.1. The maximum Gasteiger partial charge on any atom is 0.320 e. The van der Waals surface area contributed by atoms with Gasteiger partial charge in [-0.1, -0.05) is 13.8 Å². The zero-order valence-electron chi connectivity index (χ0n) is 10.6. The van der Waals surface area contributed by atoms with E-state index in [1.165, 1.54) is 0 Å². The zero-order valence-corrected chi connectivity index (χ0v) is 10.6. The van der Waals surface area contributed by atoms with Crippen molar-refractivity contribution in [2.24, 2.45) is 29.0 Å². The van der Waals surface area contributed by atoms with Crippen molar-refractivity contribution in [3.8, 4) is 0 Å². The summed E-state index contributed by atoms with van der Waals surface area (Å²) < 4.78 is 0. The molecule has 7 nitrogen and oxygen atoms in total. The Kier molecular flexibility index (Phi) is 6.50. The van der Waals surface area contributed by atoms with Gasteiger partial charge in [0, 0.05) is 0 Å². The standard InChI is InChI=1S/C11H21N3O4/c1-5(2)3-7(12)9(15)6(10(14)16)4-8(13)11(17)18/h5-8H,3-4,12-13H2,1-2H3,(H2,14,16)(H,17,18)/t6?,7-,8-/m0/s1. The number of carbonyl (C=O) groups excluding carboxylic acids is 2. The van der Waals surface area contributed by atoms with E-state index in [-0.39, 0.29) is 12.3 Å². The van der Waals surface area contributed by atoms with Crippen molar-refractivity contribution < 1.29 is 19.5 Å². The van der Waals surface area contributed by atoms with Crippen molar-refractivity contribution in [1.29, 1.82) is 0 Å². The quantitative estimate of drug-likeness (QED) is 0.403. The van der Waals surface area contributed by atoms with Gasteiger partial charge in [0.05, 0.1) is 12.0 Å². The number of nitrogens with two attached hydrogens (primary N) is 3. The highest BCUT2D eigenvalue weighted by atomic mass is 16.4. The van der Waals surface area contributed by atoms with Crippen LogP contribution in [0.5, 0.6) is 0 Å². The molecule has 7 N–H and O–H groups in total. The Morgan fingerprint density at radius 1 is 1.06 bits per heavy atom. The van der Waals surface area contributed by atoms with Gasteiger partial charge in [-0.3, -0.25) is 14.4 Å². The van der Waals surface area contributed by atoms with Crippen LogP contribution in [-0.2, 0) is 14.4 Å². The van der Waals surface area contributed by atoms with E-state index in [1.807, 2.05) is 13.8 Å². The van der Waals surface area contributed by atoms with Crippen molar-refractivity contribution in [1.82, 2.24) is 0 Å². The fraction of sp³-hybridized carbons (Fsp3) is 0.727. The van der Waals surface area contributed by atoms with Crippen LogP contribution >= 0.6 is 0 Å². The van der Waals surface area contributed by atoms with Gasteiger partial charge in [-0.25, -0.2) is 0 Å². The maximum atomic E-state index is 11.9. The van der Waals surface area contributed by atoms with Crippen LogP contribution in [0.3, 0.4) is 0 Å². The molecule has 0 aliphatic carbocycles. The predicted octanol–water partition coefficient (Wildman–Crippen LogP) is -1.17. The number of hydrogen-bond donors (Lipinski definition) is 4. The average molecular weight is 259 g/mol. The summed E-state index contributed by atoms with van der Waals surface area (Å²) in [6.45, 7) is 3.77. The zero-order chi connectivity index (χ0) is 14.5. The van der Waals surface area contributed by atoms with Gasteiger partial charge in [0.2, 0.25) is 5.91 Å². The first kappa shape index (κ1) is 16.5. The average Bonchev–Trinajstić information content (AvgIpc) is 2.22. The third-order valence-electron chi connectivity index (χ3n) is 2.58. The van der Waals surface area contributed by atoms with E-state index in [2.05, 4.69) is 0 Å². The van der Waals surface area contributed by atoms with Crippen molar-refractivity contribution in [2.45, 2.75) is 38.8 Å². The summed E-state index contributed by atoms with van der Waals surface area (Å²) in [6, 6.07) is -2.14. The smallest absolute Gasteiger partial charge is 0.320 e. The lowest BCUT2D eigenvalue weighted by molar-refractivity contribution is -0.140. The number of ketones is 1. The van der Waals surface area contributed by atoms with Gasteiger partial charge in [0.1, 0.15) is 6.04 Å². The van der Waals surface area contributed by atoms with E-state index in [1.54, 1.807) is 0 Å². The van der Waals surface area contributed by atoms with E-state index >= 15 is 0 Å². The summed E-state index contributed by atoms with van der Waals surface area (Å²) in [5.74, 6) is -3.79. The molecule has 0 saturated carbocycles. The first-order valence-electron chi connectivity index (χ1n) is 5.73. The van der Waals surface area contributed by atoms with Crippen LogP contribution in [-0.4, -0.2) is 34.8 Å². The van der Waals surface area contributed by atoms with Gasteiger partial charge in [-0.05, 0) is 18.8 Å². The van der Waals surface area contributed by atoms with Crippen molar-refractivity contribution >= 4 is 17.7 Å². The van der Waals surface area contributed by atoms with Crippen LogP contribution < -0.4 is 17.2 Å².